The summed E-state index contributed by atoms with van der Waals surface area (Å²) in [7, 11) is 0. The molecular formula is C45H32N4. The van der Waals surface area contributed by atoms with Gasteiger partial charge in [0.2, 0.25) is 5.95 Å². The molecule has 9 aromatic rings. The lowest BCUT2D eigenvalue weighted by atomic mass is 9.90. The van der Waals surface area contributed by atoms with Crippen molar-refractivity contribution < 1.29 is 0 Å². The number of para-hydroxylation sites is 2. The first kappa shape index (κ1) is 27.8. The van der Waals surface area contributed by atoms with E-state index in [1.165, 1.54) is 38.1 Å². The molecule has 0 saturated heterocycles. The van der Waals surface area contributed by atoms with E-state index in [-0.39, 0.29) is 5.41 Å². The van der Waals surface area contributed by atoms with E-state index in [1.54, 1.807) is 0 Å². The van der Waals surface area contributed by atoms with Crippen molar-refractivity contribution >= 4 is 49.6 Å². The smallest absolute Gasteiger partial charge is 0.235 e. The average Bonchev–Trinajstić information content (AvgIpc) is 3.83. The molecule has 3 heterocycles. The van der Waals surface area contributed by atoms with Crippen LogP contribution in [-0.2, 0) is 5.41 Å². The maximum absolute atomic E-state index is 5.44. The van der Waals surface area contributed by atoms with Crippen LogP contribution in [0, 0.1) is 0 Å². The van der Waals surface area contributed by atoms with Crippen molar-refractivity contribution in [3.8, 4) is 34.0 Å². The molecule has 6 aromatic carbocycles. The van der Waals surface area contributed by atoms with Gasteiger partial charge in [0.25, 0.3) is 0 Å². The van der Waals surface area contributed by atoms with Crippen LogP contribution in [0.15, 0.2) is 152 Å². The largest absolute Gasteiger partial charge is 0.316 e. The van der Waals surface area contributed by atoms with E-state index >= 15 is 0 Å². The summed E-state index contributed by atoms with van der Waals surface area (Å²) in [5, 5.41) is 6.05. The Bertz CT molecular complexity index is 2770. The number of allylic oxidation sites excluding steroid dienone is 1. The molecule has 10 rings (SSSR count). The summed E-state index contributed by atoms with van der Waals surface area (Å²) in [5.41, 5.74) is 10.9. The van der Waals surface area contributed by atoms with Gasteiger partial charge in [-0.15, -0.1) is 0 Å². The number of aromatic nitrogens is 4. The van der Waals surface area contributed by atoms with Crippen molar-refractivity contribution in [3.63, 3.8) is 0 Å². The Balaban J connectivity index is 1.21. The molecule has 0 saturated carbocycles. The summed E-state index contributed by atoms with van der Waals surface area (Å²) in [6.45, 7) is 4.48. The summed E-state index contributed by atoms with van der Waals surface area (Å²) >= 11 is 0. The quantitative estimate of drug-likeness (QED) is 0.194. The lowest BCUT2D eigenvalue weighted by molar-refractivity contribution is 0.651. The van der Waals surface area contributed by atoms with Crippen molar-refractivity contribution in [3.05, 3.63) is 163 Å². The van der Waals surface area contributed by atoms with E-state index in [4.69, 9.17) is 9.97 Å². The Morgan fingerprint density at radius 2 is 1.29 bits per heavy atom. The van der Waals surface area contributed by atoms with Crippen LogP contribution >= 0.6 is 0 Å². The summed E-state index contributed by atoms with van der Waals surface area (Å²) in [6.07, 6.45) is 6.63. The minimum atomic E-state index is -0.227. The monoisotopic (exact) mass is 628 g/mol. The summed E-state index contributed by atoms with van der Waals surface area (Å²) in [6, 6.07) is 49.8. The molecule has 0 radical (unpaired) electrons. The van der Waals surface area contributed by atoms with Gasteiger partial charge in [0.1, 0.15) is 0 Å². The molecule has 0 unspecified atom stereocenters. The van der Waals surface area contributed by atoms with Crippen LogP contribution in [0.4, 0.5) is 0 Å². The predicted molar refractivity (Wildman–Crippen MR) is 204 cm³/mol. The lowest BCUT2D eigenvalue weighted by Crippen LogP contribution is -2.16. The molecule has 0 aliphatic heterocycles. The molecule has 4 heteroatoms. The first-order valence-corrected chi connectivity index (χ1v) is 16.8. The van der Waals surface area contributed by atoms with Crippen molar-refractivity contribution in [1.82, 2.24) is 19.1 Å². The van der Waals surface area contributed by atoms with Gasteiger partial charge in [-0.2, -0.15) is 0 Å². The highest BCUT2D eigenvalue weighted by Crippen LogP contribution is 2.42. The third kappa shape index (κ3) is 4.17. The zero-order valence-corrected chi connectivity index (χ0v) is 27.3. The molecule has 0 spiro atoms. The number of hydrogen-bond donors (Lipinski definition) is 0. The minimum Gasteiger partial charge on any atom is -0.316 e. The van der Waals surface area contributed by atoms with Gasteiger partial charge in [0, 0.05) is 44.6 Å². The van der Waals surface area contributed by atoms with Crippen LogP contribution in [0.1, 0.15) is 25.1 Å². The van der Waals surface area contributed by atoms with E-state index in [9.17, 15) is 0 Å². The maximum Gasteiger partial charge on any atom is 0.235 e. The molecule has 232 valence electrons. The second kappa shape index (κ2) is 10.4. The van der Waals surface area contributed by atoms with Gasteiger partial charge in [0.05, 0.1) is 27.9 Å². The fourth-order valence-electron chi connectivity index (χ4n) is 7.78. The summed E-state index contributed by atoms with van der Waals surface area (Å²) < 4.78 is 4.54. The number of nitrogens with zero attached hydrogens (tertiary/aromatic N) is 4. The highest BCUT2D eigenvalue weighted by Gasteiger charge is 2.31. The zero-order valence-electron chi connectivity index (χ0n) is 27.3. The Morgan fingerprint density at radius 1 is 0.551 bits per heavy atom. The number of benzene rings is 6. The topological polar surface area (TPSA) is 35.6 Å². The molecule has 0 amide bonds. The second-order valence-corrected chi connectivity index (χ2v) is 13.6. The molecule has 0 fully saturated rings. The third-order valence-corrected chi connectivity index (χ3v) is 10.2. The van der Waals surface area contributed by atoms with E-state index in [0.29, 0.717) is 5.95 Å². The predicted octanol–water partition coefficient (Wildman–Crippen LogP) is 11.3. The first-order chi connectivity index (χ1) is 24.0. The standard InChI is InChI=1S/C45H32N4/c1-45(2)27-25-38-41(31-21-19-30(20-22-31)34-17-10-12-29-11-6-7-15-33(29)34)46-44(47-43(38)45)49-40-18-9-8-16-35(40)36-23-24-39-37(42(36)49)26-28-48(39)32-13-4-3-5-14-32/h3-28H,1-2H3. The lowest BCUT2D eigenvalue weighted by Gasteiger charge is -2.20. The Morgan fingerprint density at radius 3 is 2.14 bits per heavy atom. The SMILES string of the molecule is CC1(C)C=Cc2c(-c3ccc(-c4cccc5ccccc45)cc3)nc(-n3c4ccccc4c4ccc5c(ccn5-c5ccccc5)c43)nc21. The van der Waals surface area contributed by atoms with E-state index in [1.807, 2.05) is 0 Å². The fraction of sp³-hybridized carbons (Fsp3) is 0.0667. The molecule has 4 nitrogen and oxygen atoms in total. The molecule has 3 aromatic heterocycles. The molecule has 0 atom stereocenters. The van der Waals surface area contributed by atoms with Crippen LogP contribution < -0.4 is 0 Å². The van der Waals surface area contributed by atoms with Crippen LogP contribution in [-0.4, -0.2) is 19.1 Å². The van der Waals surface area contributed by atoms with Crippen LogP contribution in [0.3, 0.4) is 0 Å². The van der Waals surface area contributed by atoms with Crippen LogP contribution in [0.25, 0.3) is 83.6 Å². The van der Waals surface area contributed by atoms with Gasteiger partial charge in [-0.05, 0) is 52.2 Å². The molecule has 49 heavy (non-hydrogen) atoms. The number of fused-ring (bicyclic) bond motifs is 7. The third-order valence-electron chi connectivity index (χ3n) is 10.2. The highest BCUT2D eigenvalue weighted by molar-refractivity contribution is 6.18. The Hall–Kier alpha value is -6.26. The molecule has 0 N–H and O–H groups in total. The van der Waals surface area contributed by atoms with Crippen molar-refractivity contribution in [2.24, 2.45) is 0 Å². The summed E-state index contributed by atoms with van der Waals surface area (Å²) in [5.74, 6) is 0.690. The fourth-order valence-corrected chi connectivity index (χ4v) is 7.78. The Kier molecular flexibility index (Phi) is 5.89. The van der Waals surface area contributed by atoms with Gasteiger partial charge in [-0.3, -0.25) is 4.57 Å². The number of rotatable bonds is 4. The summed E-state index contributed by atoms with van der Waals surface area (Å²) in [4.78, 5) is 10.8. The van der Waals surface area contributed by atoms with Crippen molar-refractivity contribution in [1.29, 1.82) is 0 Å². The van der Waals surface area contributed by atoms with E-state index in [0.717, 1.165) is 44.8 Å². The second-order valence-electron chi connectivity index (χ2n) is 13.6. The molecule has 1 aliphatic rings. The first-order valence-electron chi connectivity index (χ1n) is 16.8. The number of hydrogen-bond acceptors (Lipinski definition) is 2. The molecular weight excluding hydrogens is 597 g/mol. The highest BCUT2D eigenvalue weighted by atomic mass is 15.2. The van der Waals surface area contributed by atoms with Crippen LogP contribution in [0.2, 0.25) is 0 Å². The molecule has 1 aliphatic carbocycles. The average molecular weight is 629 g/mol. The van der Waals surface area contributed by atoms with E-state index < -0.39 is 0 Å². The van der Waals surface area contributed by atoms with Crippen molar-refractivity contribution in [2.75, 3.05) is 0 Å². The zero-order chi connectivity index (χ0) is 32.7. The van der Waals surface area contributed by atoms with E-state index in [2.05, 4.69) is 181 Å². The maximum atomic E-state index is 5.44. The van der Waals surface area contributed by atoms with Gasteiger partial charge in [-0.1, -0.05) is 135 Å². The molecule has 0 bridgehead atoms. The van der Waals surface area contributed by atoms with Gasteiger partial charge in [-0.25, -0.2) is 9.97 Å². The minimum absolute atomic E-state index is 0.227. The van der Waals surface area contributed by atoms with Gasteiger partial charge >= 0.3 is 0 Å². The normalized spacial score (nSPS) is 13.6. The van der Waals surface area contributed by atoms with Gasteiger partial charge < -0.3 is 4.57 Å². The van der Waals surface area contributed by atoms with Crippen LogP contribution in [0.5, 0.6) is 0 Å². The van der Waals surface area contributed by atoms with Gasteiger partial charge in [0.15, 0.2) is 0 Å². The van der Waals surface area contributed by atoms with Crippen molar-refractivity contribution in [2.45, 2.75) is 19.3 Å². The Labute approximate surface area is 284 Å².